The maximum atomic E-state index is 13.6. The molecule has 2 heterocycles. The van der Waals surface area contributed by atoms with Gasteiger partial charge in [-0.3, -0.25) is 0 Å². The van der Waals surface area contributed by atoms with Gasteiger partial charge in [-0.2, -0.15) is 0 Å². The van der Waals surface area contributed by atoms with Gasteiger partial charge >= 0.3 is 13.1 Å². The minimum atomic E-state index is -1.44. The minimum absolute atomic E-state index is 0.131. The second kappa shape index (κ2) is 5.74. The molecule has 0 amide bonds. The molecule has 2 aromatic rings. The molecule has 22 heavy (non-hydrogen) atoms. The van der Waals surface area contributed by atoms with E-state index in [1.165, 1.54) is 29.2 Å². The largest absolute Gasteiger partial charge is 0.537 e. The van der Waals surface area contributed by atoms with Gasteiger partial charge in [0.25, 0.3) is 0 Å². The number of hydrogen-bond donors (Lipinski definition) is 3. The standard InChI is InChI=1S/C11H9BFN3O4S2/c13-5-2-1-4-3-6(21-11-16-15-10(14)22-11)12(19)20-8(4)7(5)9(17)18/h1-2,6,19H,3H2,(H2,14,15)(H,17,18)/t6-/m0/s1. The van der Waals surface area contributed by atoms with Crippen molar-refractivity contribution in [2.45, 2.75) is 15.9 Å². The Bertz CT molecular complexity index is 744. The Morgan fingerprint density at radius 2 is 2.32 bits per heavy atom. The van der Waals surface area contributed by atoms with Gasteiger partial charge in [0.1, 0.15) is 17.1 Å². The molecule has 0 fully saturated rings. The summed E-state index contributed by atoms with van der Waals surface area (Å²) in [5.74, 6) is -2.47. The van der Waals surface area contributed by atoms with Crippen LogP contribution in [0.3, 0.4) is 0 Å². The molecule has 7 nitrogen and oxygen atoms in total. The first kappa shape index (κ1) is 15.1. The van der Waals surface area contributed by atoms with Crippen molar-refractivity contribution in [1.82, 2.24) is 10.2 Å². The van der Waals surface area contributed by atoms with Crippen molar-refractivity contribution in [1.29, 1.82) is 0 Å². The van der Waals surface area contributed by atoms with Crippen LogP contribution in [0, 0.1) is 5.82 Å². The third-order valence-corrected chi connectivity index (χ3v) is 5.13. The van der Waals surface area contributed by atoms with Crippen LogP contribution in [-0.4, -0.2) is 38.6 Å². The van der Waals surface area contributed by atoms with E-state index < -0.39 is 29.6 Å². The first-order valence-electron chi connectivity index (χ1n) is 6.10. The summed E-state index contributed by atoms with van der Waals surface area (Å²) in [6.07, 6.45) is 0.307. The maximum absolute atomic E-state index is 13.6. The molecule has 4 N–H and O–H groups in total. The predicted molar refractivity (Wildman–Crippen MR) is 79.6 cm³/mol. The molecule has 1 aromatic heterocycles. The van der Waals surface area contributed by atoms with E-state index in [4.69, 9.17) is 15.5 Å². The Labute approximate surface area is 132 Å². The average molecular weight is 341 g/mol. The summed E-state index contributed by atoms with van der Waals surface area (Å²) in [5, 5.41) is 26.5. The quantitative estimate of drug-likeness (QED) is 0.710. The van der Waals surface area contributed by atoms with Crippen molar-refractivity contribution in [3.63, 3.8) is 0 Å². The second-order valence-electron chi connectivity index (χ2n) is 4.49. The van der Waals surface area contributed by atoms with Crippen molar-refractivity contribution in [2.24, 2.45) is 0 Å². The van der Waals surface area contributed by atoms with Crippen LogP contribution in [0.1, 0.15) is 15.9 Å². The van der Waals surface area contributed by atoms with Crippen LogP contribution in [-0.2, 0) is 6.42 Å². The van der Waals surface area contributed by atoms with Crippen molar-refractivity contribution >= 4 is 41.3 Å². The lowest BCUT2D eigenvalue weighted by molar-refractivity contribution is 0.0689. The molecular formula is C11H9BFN3O4S2. The highest BCUT2D eigenvalue weighted by molar-refractivity contribution is 8.02. The zero-order valence-electron chi connectivity index (χ0n) is 10.9. The van der Waals surface area contributed by atoms with Crippen molar-refractivity contribution < 1.29 is 24.0 Å². The van der Waals surface area contributed by atoms with Gasteiger partial charge in [-0.05, 0) is 18.1 Å². The molecule has 0 unspecified atom stereocenters. The minimum Gasteiger partial charge on any atom is -0.535 e. The summed E-state index contributed by atoms with van der Waals surface area (Å²) in [6.45, 7) is 0. The summed E-state index contributed by atoms with van der Waals surface area (Å²) >= 11 is 2.40. The van der Waals surface area contributed by atoms with Crippen LogP contribution < -0.4 is 10.4 Å². The molecule has 0 radical (unpaired) electrons. The summed E-state index contributed by atoms with van der Waals surface area (Å²) in [6, 6.07) is 2.53. The van der Waals surface area contributed by atoms with Gasteiger partial charge in [-0.1, -0.05) is 29.2 Å². The lowest BCUT2D eigenvalue weighted by Gasteiger charge is -2.27. The molecule has 0 bridgehead atoms. The van der Waals surface area contributed by atoms with Crippen LogP contribution >= 0.6 is 23.1 Å². The molecule has 0 spiro atoms. The van der Waals surface area contributed by atoms with Gasteiger partial charge in [0.2, 0.25) is 5.13 Å². The molecular weight excluding hydrogens is 332 g/mol. The fourth-order valence-corrected chi connectivity index (χ4v) is 4.05. The highest BCUT2D eigenvalue weighted by atomic mass is 32.2. The highest BCUT2D eigenvalue weighted by Crippen LogP contribution is 2.38. The SMILES string of the molecule is Nc1nnc(S[C@H]2Cc3ccc(F)c(C(=O)O)c3OB2O)s1. The van der Waals surface area contributed by atoms with Crippen molar-refractivity contribution in [3.05, 3.63) is 29.1 Å². The number of aromatic nitrogens is 2. The van der Waals surface area contributed by atoms with Gasteiger partial charge < -0.3 is 20.5 Å². The number of benzene rings is 1. The number of fused-ring (bicyclic) bond motifs is 1. The summed E-state index contributed by atoms with van der Waals surface area (Å²) in [5.41, 5.74) is 5.44. The first-order chi connectivity index (χ1) is 10.5. The van der Waals surface area contributed by atoms with E-state index >= 15 is 0 Å². The van der Waals surface area contributed by atoms with Crippen LogP contribution in [0.2, 0.25) is 0 Å². The smallest absolute Gasteiger partial charge is 0.535 e. The molecule has 1 aliphatic heterocycles. The average Bonchev–Trinajstić information content (AvgIpc) is 2.85. The third kappa shape index (κ3) is 2.74. The normalized spacial score (nSPS) is 17.0. The van der Waals surface area contributed by atoms with Gasteiger partial charge in [-0.25, -0.2) is 9.18 Å². The topological polar surface area (TPSA) is 119 Å². The molecule has 0 aliphatic carbocycles. The van der Waals surface area contributed by atoms with Crippen LogP contribution in [0.15, 0.2) is 16.5 Å². The molecule has 1 aromatic carbocycles. The fraction of sp³-hybridized carbons (Fsp3) is 0.182. The summed E-state index contributed by atoms with van der Waals surface area (Å²) in [7, 11) is -1.29. The Hall–Kier alpha value is -1.85. The second-order valence-corrected chi connectivity index (χ2v) is 6.99. The molecule has 0 saturated carbocycles. The van der Waals surface area contributed by atoms with Gasteiger partial charge in [0.15, 0.2) is 4.34 Å². The van der Waals surface area contributed by atoms with Gasteiger partial charge in [0.05, 0.1) is 5.15 Å². The van der Waals surface area contributed by atoms with Crippen LogP contribution in [0.25, 0.3) is 0 Å². The number of rotatable bonds is 3. The van der Waals surface area contributed by atoms with E-state index in [-0.39, 0.29) is 5.75 Å². The van der Waals surface area contributed by atoms with E-state index in [1.807, 2.05) is 0 Å². The molecule has 11 heteroatoms. The van der Waals surface area contributed by atoms with E-state index in [1.54, 1.807) is 0 Å². The van der Waals surface area contributed by atoms with Gasteiger partial charge in [0, 0.05) is 0 Å². The molecule has 0 saturated heterocycles. The van der Waals surface area contributed by atoms with Crippen LogP contribution in [0.4, 0.5) is 9.52 Å². The molecule has 1 atom stereocenters. The number of carbonyl (C=O) groups is 1. The number of carboxylic acid groups (broad SMARTS) is 1. The lowest BCUT2D eigenvalue weighted by atomic mass is 9.77. The molecule has 3 rings (SSSR count). The number of halogens is 1. The number of anilines is 1. The summed E-state index contributed by atoms with van der Waals surface area (Å²) in [4.78, 5) is 11.1. The number of aromatic carboxylic acids is 1. The lowest BCUT2D eigenvalue weighted by Crippen LogP contribution is -2.41. The maximum Gasteiger partial charge on any atom is 0.537 e. The Kier molecular flexibility index (Phi) is 3.93. The number of carboxylic acids is 1. The van der Waals surface area contributed by atoms with E-state index in [9.17, 15) is 14.2 Å². The third-order valence-electron chi connectivity index (χ3n) is 3.05. The number of thioether (sulfide) groups is 1. The van der Waals surface area contributed by atoms with Crippen molar-refractivity contribution in [3.8, 4) is 5.75 Å². The monoisotopic (exact) mass is 341 g/mol. The Morgan fingerprint density at radius 1 is 1.55 bits per heavy atom. The van der Waals surface area contributed by atoms with Crippen LogP contribution in [0.5, 0.6) is 5.75 Å². The Balaban J connectivity index is 1.89. The fourth-order valence-electron chi connectivity index (χ4n) is 2.11. The zero-order chi connectivity index (χ0) is 15.9. The van der Waals surface area contributed by atoms with Crippen molar-refractivity contribution in [2.75, 3.05) is 5.73 Å². The number of nitrogen functional groups attached to an aromatic ring is 1. The van der Waals surface area contributed by atoms with E-state index in [0.29, 0.717) is 21.5 Å². The van der Waals surface area contributed by atoms with E-state index in [0.717, 1.165) is 6.07 Å². The summed E-state index contributed by atoms with van der Waals surface area (Å²) < 4.78 is 19.4. The molecule has 1 aliphatic rings. The zero-order valence-corrected chi connectivity index (χ0v) is 12.5. The first-order valence-corrected chi connectivity index (χ1v) is 7.80. The number of hydrogen-bond acceptors (Lipinski definition) is 8. The Morgan fingerprint density at radius 3 is 2.95 bits per heavy atom. The number of nitrogens with zero attached hydrogens (tertiary/aromatic N) is 2. The predicted octanol–water partition coefficient (Wildman–Crippen LogP) is 1.07. The number of nitrogens with two attached hydrogens (primary N) is 1. The highest BCUT2D eigenvalue weighted by Gasteiger charge is 2.39. The van der Waals surface area contributed by atoms with Gasteiger partial charge in [-0.15, -0.1) is 10.2 Å². The van der Waals surface area contributed by atoms with E-state index in [2.05, 4.69) is 10.2 Å². The molecule has 114 valence electrons.